The molecule has 4 nitrogen and oxygen atoms in total. The van der Waals surface area contributed by atoms with Crippen molar-refractivity contribution >= 4 is 34.6 Å². The fourth-order valence-corrected chi connectivity index (χ4v) is 2.24. The molecule has 0 aliphatic carbocycles. The van der Waals surface area contributed by atoms with Crippen molar-refractivity contribution in [1.82, 2.24) is 0 Å². The molecule has 2 rings (SSSR count). The molecule has 110 valence electrons. The Balaban J connectivity index is 2.15. The number of benzene rings is 2. The first-order valence-corrected chi connectivity index (χ1v) is 6.76. The maximum atomic E-state index is 13.5. The van der Waals surface area contributed by atoms with Gasteiger partial charge in [0.2, 0.25) is 5.82 Å². The van der Waals surface area contributed by atoms with Gasteiger partial charge in [0.25, 0.3) is 0 Å². The second-order valence-corrected chi connectivity index (χ2v) is 5.29. The summed E-state index contributed by atoms with van der Waals surface area (Å²) in [5, 5.41) is 14.6. The Kier molecular flexibility index (Phi) is 4.65. The van der Waals surface area contributed by atoms with Gasteiger partial charge in [0.15, 0.2) is 0 Å². The van der Waals surface area contributed by atoms with E-state index in [0.29, 0.717) is 21.3 Å². The van der Waals surface area contributed by atoms with Gasteiger partial charge in [-0.1, -0.05) is 29.3 Å². The SMILES string of the molecule is Cc1cc(Cl)c(NCc2ccc([N+](=O)[O-])c(F)c2)cc1Cl. The molecule has 0 radical (unpaired) electrons. The van der Waals surface area contributed by atoms with Crippen LogP contribution in [0.5, 0.6) is 0 Å². The van der Waals surface area contributed by atoms with Crippen LogP contribution in [0, 0.1) is 22.9 Å². The molecule has 0 fully saturated rings. The lowest BCUT2D eigenvalue weighted by molar-refractivity contribution is -0.387. The van der Waals surface area contributed by atoms with Crippen molar-refractivity contribution in [3.63, 3.8) is 0 Å². The Labute approximate surface area is 130 Å². The molecule has 0 heterocycles. The summed E-state index contributed by atoms with van der Waals surface area (Å²) >= 11 is 12.1. The zero-order chi connectivity index (χ0) is 15.6. The van der Waals surface area contributed by atoms with Crippen LogP contribution in [0.2, 0.25) is 10.0 Å². The van der Waals surface area contributed by atoms with Gasteiger partial charge < -0.3 is 5.32 Å². The van der Waals surface area contributed by atoms with Crippen molar-refractivity contribution < 1.29 is 9.31 Å². The van der Waals surface area contributed by atoms with Crippen LogP contribution in [-0.2, 0) is 6.54 Å². The highest BCUT2D eigenvalue weighted by Gasteiger charge is 2.13. The predicted octanol–water partition coefficient (Wildman–Crippen LogP) is 4.96. The van der Waals surface area contributed by atoms with Crippen LogP contribution < -0.4 is 5.32 Å². The minimum Gasteiger partial charge on any atom is -0.380 e. The number of nitro groups is 1. The normalized spacial score (nSPS) is 10.5. The molecule has 0 spiro atoms. The van der Waals surface area contributed by atoms with Crippen molar-refractivity contribution in [1.29, 1.82) is 0 Å². The zero-order valence-corrected chi connectivity index (χ0v) is 12.5. The third-order valence-electron chi connectivity index (χ3n) is 2.94. The van der Waals surface area contributed by atoms with Crippen LogP contribution >= 0.6 is 23.2 Å². The van der Waals surface area contributed by atoms with E-state index in [2.05, 4.69) is 5.32 Å². The predicted molar refractivity (Wildman–Crippen MR) is 81.6 cm³/mol. The van der Waals surface area contributed by atoms with E-state index >= 15 is 0 Å². The van der Waals surface area contributed by atoms with Crippen LogP contribution in [0.15, 0.2) is 30.3 Å². The number of hydrogen-bond donors (Lipinski definition) is 1. The Morgan fingerprint density at radius 2 is 1.95 bits per heavy atom. The van der Waals surface area contributed by atoms with Crippen LogP contribution in [-0.4, -0.2) is 4.92 Å². The Morgan fingerprint density at radius 3 is 2.57 bits per heavy atom. The standard InChI is InChI=1S/C14H11Cl2FN2O2/c1-8-4-11(16)13(6-10(8)15)18-7-9-2-3-14(19(20)21)12(17)5-9/h2-6,18H,7H2,1H3. The molecule has 2 aromatic rings. The monoisotopic (exact) mass is 328 g/mol. The first-order valence-electron chi connectivity index (χ1n) is 6.01. The molecule has 0 bridgehead atoms. The largest absolute Gasteiger partial charge is 0.380 e. The lowest BCUT2D eigenvalue weighted by atomic mass is 10.2. The molecule has 0 amide bonds. The van der Waals surface area contributed by atoms with Gasteiger partial charge in [-0.05, 0) is 36.2 Å². The van der Waals surface area contributed by atoms with Crippen LogP contribution in [0.25, 0.3) is 0 Å². The average molecular weight is 329 g/mol. The molecule has 0 saturated heterocycles. The van der Waals surface area contributed by atoms with Crippen LogP contribution in [0.3, 0.4) is 0 Å². The summed E-state index contributed by atoms with van der Waals surface area (Å²) in [6.07, 6.45) is 0. The first kappa shape index (κ1) is 15.5. The summed E-state index contributed by atoms with van der Waals surface area (Å²) in [4.78, 5) is 9.78. The Hall–Kier alpha value is -1.85. The molecule has 7 heteroatoms. The lowest BCUT2D eigenvalue weighted by Crippen LogP contribution is -2.02. The third-order valence-corrected chi connectivity index (χ3v) is 3.66. The topological polar surface area (TPSA) is 55.2 Å². The number of nitro benzene ring substituents is 1. The highest BCUT2D eigenvalue weighted by molar-refractivity contribution is 6.35. The van der Waals surface area contributed by atoms with Crippen molar-refractivity contribution in [3.8, 4) is 0 Å². The first-order chi connectivity index (χ1) is 9.88. The van der Waals surface area contributed by atoms with E-state index in [1.807, 2.05) is 6.92 Å². The van der Waals surface area contributed by atoms with E-state index in [9.17, 15) is 14.5 Å². The van der Waals surface area contributed by atoms with E-state index in [0.717, 1.165) is 17.7 Å². The Bertz CT molecular complexity index is 708. The highest BCUT2D eigenvalue weighted by atomic mass is 35.5. The second-order valence-electron chi connectivity index (χ2n) is 4.48. The number of nitrogens with one attached hydrogen (secondary N) is 1. The van der Waals surface area contributed by atoms with Crippen molar-refractivity contribution in [2.45, 2.75) is 13.5 Å². The summed E-state index contributed by atoms with van der Waals surface area (Å²) in [6, 6.07) is 7.15. The average Bonchev–Trinajstić information content (AvgIpc) is 2.41. The van der Waals surface area contributed by atoms with E-state index in [-0.39, 0.29) is 6.54 Å². The summed E-state index contributed by atoms with van der Waals surface area (Å²) in [5.41, 5.74) is 1.49. The van der Waals surface area contributed by atoms with Gasteiger partial charge in [0, 0.05) is 17.6 Å². The minimum atomic E-state index is -0.868. The van der Waals surface area contributed by atoms with E-state index in [1.54, 1.807) is 12.1 Å². The van der Waals surface area contributed by atoms with E-state index in [4.69, 9.17) is 23.2 Å². The molecule has 0 saturated carbocycles. The second kappa shape index (κ2) is 6.28. The number of nitrogens with zero attached hydrogens (tertiary/aromatic N) is 1. The number of rotatable bonds is 4. The molecular formula is C14H11Cl2FN2O2. The summed E-state index contributed by atoms with van der Waals surface area (Å²) in [6.45, 7) is 2.11. The van der Waals surface area contributed by atoms with Gasteiger partial charge in [0.05, 0.1) is 15.6 Å². The van der Waals surface area contributed by atoms with Crippen molar-refractivity contribution in [2.24, 2.45) is 0 Å². The number of halogens is 3. The molecule has 21 heavy (non-hydrogen) atoms. The van der Waals surface area contributed by atoms with Crippen LogP contribution in [0.1, 0.15) is 11.1 Å². The van der Waals surface area contributed by atoms with Crippen LogP contribution in [0.4, 0.5) is 15.8 Å². The van der Waals surface area contributed by atoms with Gasteiger partial charge >= 0.3 is 5.69 Å². The highest BCUT2D eigenvalue weighted by Crippen LogP contribution is 2.29. The fraction of sp³-hybridized carbons (Fsp3) is 0.143. The van der Waals surface area contributed by atoms with Gasteiger partial charge in [-0.25, -0.2) is 0 Å². The van der Waals surface area contributed by atoms with Gasteiger partial charge in [-0.3, -0.25) is 10.1 Å². The minimum absolute atomic E-state index is 0.272. The maximum Gasteiger partial charge on any atom is 0.304 e. The molecule has 2 aromatic carbocycles. The van der Waals surface area contributed by atoms with Gasteiger partial charge in [0.1, 0.15) is 0 Å². The molecule has 0 aromatic heterocycles. The molecule has 0 aliphatic heterocycles. The zero-order valence-electron chi connectivity index (χ0n) is 11.0. The molecule has 0 aliphatic rings. The van der Waals surface area contributed by atoms with Crippen molar-refractivity contribution in [2.75, 3.05) is 5.32 Å². The van der Waals surface area contributed by atoms with E-state index < -0.39 is 16.4 Å². The number of aryl methyl sites for hydroxylation is 1. The summed E-state index contributed by atoms with van der Waals surface area (Å²) in [7, 11) is 0. The van der Waals surface area contributed by atoms with Crippen molar-refractivity contribution in [3.05, 3.63) is 67.4 Å². The third kappa shape index (κ3) is 3.62. The van der Waals surface area contributed by atoms with Gasteiger partial charge in [-0.15, -0.1) is 0 Å². The lowest BCUT2D eigenvalue weighted by Gasteiger charge is -2.10. The van der Waals surface area contributed by atoms with E-state index in [1.165, 1.54) is 6.07 Å². The molecule has 0 unspecified atom stereocenters. The molecular weight excluding hydrogens is 318 g/mol. The Morgan fingerprint density at radius 1 is 1.24 bits per heavy atom. The maximum absolute atomic E-state index is 13.5. The smallest absolute Gasteiger partial charge is 0.304 e. The molecule has 1 N–H and O–H groups in total. The summed E-state index contributed by atoms with van der Waals surface area (Å²) < 4.78 is 13.5. The number of hydrogen-bond acceptors (Lipinski definition) is 3. The summed E-state index contributed by atoms with van der Waals surface area (Å²) in [5.74, 6) is -0.868. The molecule has 0 atom stereocenters. The fourth-order valence-electron chi connectivity index (χ4n) is 1.79. The number of anilines is 1. The van der Waals surface area contributed by atoms with Gasteiger partial charge in [-0.2, -0.15) is 4.39 Å². The quantitative estimate of drug-likeness (QED) is 0.637.